The Morgan fingerprint density at radius 2 is 2.60 bits per heavy atom. The van der Waals surface area contributed by atoms with E-state index < -0.39 is 10.8 Å². The SMILES string of the molecule is CCS(=O)Cc1ccon1. The van der Waals surface area contributed by atoms with Crippen LogP contribution in [-0.4, -0.2) is 15.1 Å². The summed E-state index contributed by atoms with van der Waals surface area (Å²) in [5.41, 5.74) is 0.764. The molecule has 1 rings (SSSR count). The van der Waals surface area contributed by atoms with Crippen LogP contribution in [0.3, 0.4) is 0 Å². The molecule has 0 spiro atoms. The van der Waals surface area contributed by atoms with Gasteiger partial charge in [0.05, 0.1) is 11.4 Å². The van der Waals surface area contributed by atoms with Crippen molar-refractivity contribution in [1.82, 2.24) is 5.16 Å². The van der Waals surface area contributed by atoms with Crippen LogP contribution < -0.4 is 0 Å². The van der Waals surface area contributed by atoms with Gasteiger partial charge in [-0.3, -0.25) is 4.21 Å². The van der Waals surface area contributed by atoms with Crippen molar-refractivity contribution in [3.05, 3.63) is 18.0 Å². The standard InChI is InChI=1S/C6H9NO2S/c1-2-10(8)5-6-3-4-9-7-6/h3-4H,2,5H2,1H3. The Labute approximate surface area is 61.9 Å². The van der Waals surface area contributed by atoms with E-state index in [1.165, 1.54) is 6.26 Å². The Hall–Kier alpha value is -0.640. The highest BCUT2D eigenvalue weighted by atomic mass is 32.2. The van der Waals surface area contributed by atoms with Crippen LogP contribution in [-0.2, 0) is 16.6 Å². The first-order chi connectivity index (χ1) is 4.83. The lowest BCUT2D eigenvalue weighted by atomic mass is 10.5. The number of hydrogen-bond donors (Lipinski definition) is 0. The highest BCUT2D eigenvalue weighted by Gasteiger charge is 2.00. The second kappa shape index (κ2) is 3.51. The zero-order valence-electron chi connectivity index (χ0n) is 5.74. The average Bonchev–Trinajstić information content (AvgIpc) is 2.40. The molecule has 10 heavy (non-hydrogen) atoms. The van der Waals surface area contributed by atoms with Crippen LogP contribution in [0.15, 0.2) is 16.9 Å². The monoisotopic (exact) mass is 159 g/mol. The van der Waals surface area contributed by atoms with Crippen LogP contribution in [0.5, 0.6) is 0 Å². The minimum atomic E-state index is -0.779. The molecule has 3 nitrogen and oxygen atoms in total. The maximum Gasteiger partial charge on any atom is 0.124 e. The molecule has 56 valence electrons. The Bertz CT molecular complexity index is 208. The van der Waals surface area contributed by atoms with Crippen LogP contribution in [0.4, 0.5) is 0 Å². The molecule has 0 aliphatic rings. The minimum Gasteiger partial charge on any atom is -0.364 e. The summed E-state index contributed by atoms with van der Waals surface area (Å²) in [5.74, 6) is 1.18. The number of rotatable bonds is 3. The molecular formula is C6H9NO2S. The average molecular weight is 159 g/mol. The molecule has 1 atom stereocenters. The zero-order valence-corrected chi connectivity index (χ0v) is 6.56. The lowest BCUT2D eigenvalue weighted by Gasteiger charge is -1.90. The normalized spacial score (nSPS) is 13.3. The Balaban J connectivity index is 2.48. The number of hydrogen-bond acceptors (Lipinski definition) is 3. The van der Waals surface area contributed by atoms with Gasteiger partial charge in [0, 0.05) is 22.6 Å². The maximum atomic E-state index is 10.9. The summed E-state index contributed by atoms with van der Waals surface area (Å²) < 4.78 is 15.5. The third kappa shape index (κ3) is 1.95. The first-order valence-electron chi connectivity index (χ1n) is 3.07. The molecule has 0 saturated carbocycles. The van der Waals surface area contributed by atoms with Crippen LogP contribution in [0.1, 0.15) is 12.6 Å². The van der Waals surface area contributed by atoms with Crippen molar-refractivity contribution in [2.45, 2.75) is 12.7 Å². The minimum absolute atomic E-state index is 0.507. The fourth-order valence-corrected chi connectivity index (χ4v) is 1.26. The molecule has 0 radical (unpaired) electrons. The first-order valence-corrected chi connectivity index (χ1v) is 4.56. The van der Waals surface area contributed by atoms with Gasteiger partial charge in [-0.05, 0) is 0 Å². The maximum absolute atomic E-state index is 10.9. The predicted octanol–water partition coefficient (Wildman–Crippen LogP) is 0.943. The molecule has 0 saturated heterocycles. The van der Waals surface area contributed by atoms with Gasteiger partial charge in [-0.1, -0.05) is 12.1 Å². The van der Waals surface area contributed by atoms with Crippen molar-refractivity contribution in [2.24, 2.45) is 0 Å². The lowest BCUT2D eigenvalue weighted by Crippen LogP contribution is -1.97. The summed E-state index contributed by atoms with van der Waals surface area (Å²) >= 11 is 0. The van der Waals surface area contributed by atoms with Gasteiger partial charge < -0.3 is 4.52 Å². The third-order valence-electron chi connectivity index (χ3n) is 1.12. The molecule has 1 unspecified atom stereocenters. The summed E-state index contributed by atoms with van der Waals surface area (Å²) in [6.45, 7) is 1.89. The van der Waals surface area contributed by atoms with E-state index >= 15 is 0 Å². The van der Waals surface area contributed by atoms with Gasteiger partial charge in [0.2, 0.25) is 0 Å². The Morgan fingerprint density at radius 3 is 3.10 bits per heavy atom. The summed E-state index contributed by atoms with van der Waals surface area (Å²) in [6, 6.07) is 1.73. The number of nitrogens with zero attached hydrogens (tertiary/aromatic N) is 1. The summed E-state index contributed by atoms with van der Waals surface area (Å²) in [5, 5.41) is 3.64. The molecule has 4 heteroatoms. The molecule has 1 aromatic rings. The zero-order chi connectivity index (χ0) is 7.40. The first kappa shape index (κ1) is 7.47. The van der Waals surface area contributed by atoms with Crippen molar-refractivity contribution >= 4 is 10.8 Å². The van der Waals surface area contributed by atoms with E-state index in [-0.39, 0.29) is 0 Å². The topological polar surface area (TPSA) is 43.1 Å². The van der Waals surface area contributed by atoms with Crippen LogP contribution in [0.25, 0.3) is 0 Å². The smallest absolute Gasteiger partial charge is 0.124 e. The Kier molecular flexibility index (Phi) is 2.62. The van der Waals surface area contributed by atoms with Crippen molar-refractivity contribution in [2.75, 3.05) is 5.75 Å². The summed E-state index contributed by atoms with van der Waals surface area (Å²) in [4.78, 5) is 0. The molecule has 1 aromatic heterocycles. The van der Waals surface area contributed by atoms with E-state index in [0.717, 1.165) is 5.69 Å². The van der Waals surface area contributed by atoms with Gasteiger partial charge in [0.25, 0.3) is 0 Å². The molecule has 0 N–H and O–H groups in total. The van der Waals surface area contributed by atoms with Gasteiger partial charge in [-0.2, -0.15) is 0 Å². The van der Waals surface area contributed by atoms with Gasteiger partial charge >= 0.3 is 0 Å². The highest BCUT2D eigenvalue weighted by molar-refractivity contribution is 7.84. The van der Waals surface area contributed by atoms with Crippen molar-refractivity contribution in [3.8, 4) is 0 Å². The van der Waals surface area contributed by atoms with E-state index in [4.69, 9.17) is 0 Å². The summed E-state index contributed by atoms with van der Waals surface area (Å²) in [7, 11) is -0.779. The van der Waals surface area contributed by atoms with E-state index in [2.05, 4.69) is 9.68 Å². The largest absolute Gasteiger partial charge is 0.364 e. The van der Waals surface area contributed by atoms with Gasteiger partial charge in [-0.15, -0.1) is 0 Å². The van der Waals surface area contributed by atoms with Gasteiger partial charge in [0.15, 0.2) is 0 Å². The highest BCUT2D eigenvalue weighted by Crippen LogP contribution is 1.98. The molecule has 0 bridgehead atoms. The van der Waals surface area contributed by atoms with E-state index in [9.17, 15) is 4.21 Å². The quantitative estimate of drug-likeness (QED) is 0.659. The molecule has 0 aliphatic carbocycles. The number of aromatic nitrogens is 1. The Morgan fingerprint density at radius 1 is 1.80 bits per heavy atom. The molecular weight excluding hydrogens is 150 g/mol. The van der Waals surface area contributed by atoms with Crippen molar-refractivity contribution in [1.29, 1.82) is 0 Å². The van der Waals surface area contributed by atoms with Crippen molar-refractivity contribution < 1.29 is 8.73 Å². The molecule has 0 aliphatic heterocycles. The fraction of sp³-hybridized carbons (Fsp3) is 0.500. The van der Waals surface area contributed by atoms with E-state index in [1.807, 2.05) is 6.92 Å². The predicted molar refractivity (Wildman–Crippen MR) is 38.9 cm³/mol. The fourth-order valence-electron chi connectivity index (χ4n) is 0.579. The van der Waals surface area contributed by atoms with E-state index in [1.54, 1.807) is 6.07 Å². The van der Waals surface area contributed by atoms with Gasteiger partial charge in [-0.25, -0.2) is 0 Å². The second-order valence-corrected chi connectivity index (χ2v) is 3.61. The second-order valence-electron chi connectivity index (χ2n) is 1.86. The molecule has 0 aromatic carbocycles. The van der Waals surface area contributed by atoms with E-state index in [0.29, 0.717) is 11.5 Å². The van der Waals surface area contributed by atoms with Crippen LogP contribution in [0, 0.1) is 0 Å². The van der Waals surface area contributed by atoms with Crippen molar-refractivity contribution in [3.63, 3.8) is 0 Å². The molecule has 0 amide bonds. The van der Waals surface area contributed by atoms with Crippen LogP contribution in [0.2, 0.25) is 0 Å². The molecule has 1 heterocycles. The van der Waals surface area contributed by atoms with Crippen LogP contribution >= 0.6 is 0 Å². The van der Waals surface area contributed by atoms with Gasteiger partial charge in [0.1, 0.15) is 6.26 Å². The third-order valence-corrected chi connectivity index (χ3v) is 2.38. The molecule has 0 fully saturated rings. The summed E-state index contributed by atoms with van der Waals surface area (Å²) in [6.07, 6.45) is 1.49. The lowest BCUT2D eigenvalue weighted by molar-refractivity contribution is 0.414.